The maximum atomic E-state index is 12.2. The van der Waals surface area contributed by atoms with E-state index < -0.39 is 0 Å². The molecule has 0 atom stereocenters. The molecular formula is C19H26N4O2S. The summed E-state index contributed by atoms with van der Waals surface area (Å²) in [6.45, 7) is 4.87. The van der Waals surface area contributed by atoms with Gasteiger partial charge in [0.05, 0.1) is 11.9 Å². The first-order valence-electron chi connectivity index (χ1n) is 9.18. The zero-order valence-electron chi connectivity index (χ0n) is 15.3. The Balaban J connectivity index is 1.62. The molecule has 0 spiro atoms. The highest BCUT2D eigenvalue weighted by molar-refractivity contribution is 7.99. The molecule has 1 heterocycles. The van der Waals surface area contributed by atoms with Gasteiger partial charge in [0, 0.05) is 18.2 Å². The van der Waals surface area contributed by atoms with Gasteiger partial charge >= 0.3 is 0 Å². The van der Waals surface area contributed by atoms with Gasteiger partial charge in [-0.2, -0.15) is 0 Å². The zero-order valence-corrected chi connectivity index (χ0v) is 16.1. The summed E-state index contributed by atoms with van der Waals surface area (Å²) >= 11 is 1.42. The number of rotatable bonds is 6. The van der Waals surface area contributed by atoms with Crippen LogP contribution in [0.4, 0.5) is 0 Å². The number of carbonyl (C=O) groups excluding carboxylic acids is 1. The minimum Gasteiger partial charge on any atom is -0.393 e. The number of amides is 1. The molecule has 0 bridgehead atoms. The van der Waals surface area contributed by atoms with Gasteiger partial charge in [-0.3, -0.25) is 4.79 Å². The van der Waals surface area contributed by atoms with Crippen LogP contribution in [0.5, 0.6) is 0 Å². The molecule has 0 unspecified atom stereocenters. The summed E-state index contributed by atoms with van der Waals surface area (Å²) in [4.78, 5) is 12.2. The van der Waals surface area contributed by atoms with E-state index >= 15 is 0 Å². The summed E-state index contributed by atoms with van der Waals surface area (Å²) in [7, 11) is 0. The Kier molecular flexibility index (Phi) is 6.32. The average Bonchev–Trinajstić information content (AvgIpc) is 3.05. The van der Waals surface area contributed by atoms with Gasteiger partial charge in [0.2, 0.25) is 5.91 Å². The second-order valence-corrected chi connectivity index (χ2v) is 7.67. The molecule has 1 aliphatic carbocycles. The van der Waals surface area contributed by atoms with Crippen molar-refractivity contribution >= 4 is 17.7 Å². The van der Waals surface area contributed by atoms with Gasteiger partial charge in [-0.15, -0.1) is 10.2 Å². The van der Waals surface area contributed by atoms with Crippen LogP contribution in [-0.4, -0.2) is 43.7 Å². The molecule has 7 heteroatoms. The quantitative estimate of drug-likeness (QED) is 0.760. The zero-order chi connectivity index (χ0) is 18.5. The van der Waals surface area contributed by atoms with E-state index in [0.29, 0.717) is 5.75 Å². The minimum absolute atomic E-state index is 0.0134. The van der Waals surface area contributed by atoms with Crippen LogP contribution in [0.25, 0.3) is 11.4 Å². The van der Waals surface area contributed by atoms with E-state index in [1.54, 1.807) is 0 Å². The largest absolute Gasteiger partial charge is 0.393 e. The third-order valence-corrected chi connectivity index (χ3v) is 5.78. The van der Waals surface area contributed by atoms with Gasteiger partial charge in [0.25, 0.3) is 0 Å². The SMILES string of the molecule is CCn1c(SCC(=O)NC2CCC(O)CC2)nnc1-c1ccccc1C. The average molecular weight is 375 g/mol. The molecule has 1 fully saturated rings. The van der Waals surface area contributed by atoms with Crippen LogP contribution in [-0.2, 0) is 11.3 Å². The molecule has 1 amide bonds. The first kappa shape index (κ1) is 18.9. The predicted molar refractivity (Wildman–Crippen MR) is 103 cm³/mol. The molecule has 140 valence electrons. The Labute approximate surface area is 158 Å². The monoisotopic (exact) mass is 374 g/mol. The van der Waals surface area contributed by atoms with Crippen LogP contribution in [0.1, 0.15) is 38.2 Å². The summed E-state index contributed by atoms with van der Waals surface area (Å²) in [5.74, 6) is 1.18. The number of aromatic nitrogens is 3. The smallest absolute Gasteiger partial charge is 0.230 e. The van der Waals surface area contributed by atoms with Gasteiger partial charge in [0.1, 0.15) is 0 Å². The summed E-state index contributed by atoms with van der Waals surface area (Å²) < 4.78 is 2.05. The lowest BCUT2D eigenvalue weighted by atomic mass is 9.93. The van der Waals surface area contributed by atoms with Gasteiger partial charge in [-0.25, -0.2) is 0 Å². The Morgan fingerprint density at radius 2 is 2.00 bits per heavy atom. The summed E-state index contributed by atoms with van der Waals surface area (Å²) in [5, 5.41) is 22.0. The first-order chi connectivity index (χ1) is 12.6. The van der Waals surface area contributed by atoms with Gasteiger partial charge < -0.3 is 15.0 Å². The van der Waals surface area contributed by atoms with Crippen molar-refractivity contribution in [3.8, 4) is 11.4 Å². The number of nitrogens with zero attached hydrogens (tertiary/aromatic N) is 3. The highest BCUT2D eigenvalue weighted by Gasteiger charge is 2.21. The molecule has 1 aromatic heterocycles. The number of hydrogen-bond acceptors (Lipinski definition) is 5. The lowest BCUT2D eigenvalue weighted by molar-refractivity contribution is -0.119. The van der Waals surface area contributed by atoms with Crippen LogP contribution >= 0.6 is 11.8 Å². The van der Waals surface area contributed by atoms with Crippen molar-refractivity contribution in [3.05, 3.63) is 29.8 Å². The van der Waals surface area contributed by atoms with E-state index in [9.17, 15) is 9.90 Å². The van der Waals surface area contributed by atoms with Crippen molar-refractivity contribution in [2.45, 2.75) is 63.4 Å². The van der Waals surface area contributed by atoms with Crippen LogP contribution in [0, 0.1) is 6.92 Å². The molecule has 1 saturated carbocycles. The topological polar surface area (TPSA) is 80.0 Å². The van der Waals surface area contributed by atoms with Crippen molar-refractivity contribution in [1.29, 1.82) is 0 Å². The number of hydrogen-bond donors (Lipinski definition) is 2. The molecule has 1 aromatic carbocycles. The fourth-order valence-electron chi connectivity index (χ4n) is 3.32. The number of aliphatic hydroxyl groups is 1. The van der Waals surface area contributed by atoms with Crippen molar-refractivity contribution in [3.63, 3.8) is 0 Å². The van der Waals surface area contributed by atoms with Crippen molar-refractivity contribution in [2.24, 2.45) is 0 Å². The van der Waals surface area contributed by atoms with Crippen LogP contribution in [0.15, 0.2) is 29.4 Å². The van der Waals surface area contributed by atoms with E-state index in [1.807, 2.05) is 18.2 Å². The molecule has 0 aliphatic heterocycles. The van der Waals surface area contributed by atoms with Crippen molar-refractivity contribution in [2.75, 3.05) is 5.75 Å². The maximum absolute atomic E-state index is 12.2. The molecule has 1 aliphatic rings. The Bertz CT molecular complexity index is 754. The number of aryl methyl sites for hydroxylation is 1. The molecular weight excluding hydrogens is 348 g/mol. The summed E-state index contributed by atoms with van der Waals surface area (Å²) in [6, 6.07) is 8.29. The third kappa shape index (κ3) is 4.45. The standard InChI is InChI=1S/C19H26N4O2S/c1-3-23-18(16-7-5-4-6-13(16)2)21-22-19(23)26-12-17(25)20-14-8-10-15(24)11-9-14/h4-7,14-15,24H,3,8-12H2,1-2H3,(H,20,25). The van der Waals surface area contributed by atoms with Crippen LogP contribution in [0.3, 0.4) is 0 Å². The molecule has 0 saturated heterocycles. The fraction of sp³-hybridized carbons (Fsp3) is 0.526. The molecule has 2 N–H and O–H groups in total. The summed E-state index contributed by atoms with van der Waals surface area (Å²) in [5.41, 5.74) is 2.22. The highest BCUT2D eigenvalue weighted by Crippen LogP contribution is 2.26. The van der Waals surface area contributed by atoms with E-state index in [0.717, 1.165) is 54.3 Å². The van der Waals surface area contributed by atoms with Crippen LogP contribution < -0.4 is 5.32 Å². The van der Waals surface area contributed by atoms with E-state index in [4.69, 9.17) is 0 Å². The molecule has 3 rings (SSSR count). The number of carbonyl (C=O) groups is 1. The Morgan fingerprint density at radius 1 is 1.27 bits per heavy atom. The van der Waals surface area contributed by atoms with Gasteiger partial charge in [0.15, 0.2) is 11.0 Å². The van der Waals surface area contributed by atoms with E-state index in [1.165, 1.54) is 11.8 Å². The predicted octanol–water partition coefficient (Wildman–Crippen LogP) is 2.79. The van der Waals surface area contributed by atoms with Crippen LogP contribution in [0.2, 0.25) is 0 Å². The van der Waals surface area contributed by atoms with Gasteiger partial charge in [-0.1, -0.05) is 36.0 Å². The molecule has 6 nitrogen and oxygen atoms in total. The second kappa shape index (κ2) is 8.68. The number of benzene rings is 1. The van der Waals surface area contributed by atoms with Gasteiger partial charge in [-0.05, 0) is 45.1 Å². The molecule has 2 aromatic rings. The highest BCUT2D eigenvalue weighted by atomic mass is 32.2. The van der Waals surface area contributed by atoms with E-state index in [-0.39, 0.29) is 18.1 Å². The lowest BCUT2D eigenvalue weighted by Crippen LogP contribution is -2.39. The van der Waals surface area contributed by atoms with Crippen molar-refractivity contribution < 1.29 is 9.90 Å². The Hall–Kier alpha value is -1.86. The first-order valence-corrected chi connectivity index (χ1v) is 10.2. The molecule has 0 radical (unpaired) electrons. The number of nitrogens with one attached hydrogen (secondary N) is 1. The maximum Gasteiger partial charge on any atom is 0.230 e. The fourth-order valence-corrected chi connectivity index (χ4v) is 4.14. The normalized spacial score (nSPS) is 20.1. The second-order valence-electron chi connectivity index (χ2n) is 6.73. The van der Waals surface area contributed by atoms with E-state index in [2.05, 4.69) is 40.0 Å². The number of aliphatic hydroxyl groups excluding tert-OH is 1. The Morgan fingerprint density at radius 3 is 2.69 bits per heavy atom. The minimum atomic E-state index is -0.208. The molecule has 26 heavy (non-hydrogen) atoms. The van der Waals surface area contributed by atoms with Crippen molar-refractivity contribution in [1.82, 2.24) is 20.1 Å². The lowest BCUT2D eigenvalue weighted by Gasteiger charge is -2.26. The summed E-state index contributed by atoms with van der Waals surface area (Å²) in [6.07, 6.45) is 3.02. The number of thioether (sulfide) groups is 1. The third-order valence-electron chi connectivity index (χ3n) is 4.81.